The first kappa shape index (κ1) is 15.0. The highest BCUT2D eigenvalue weighted by atomic mass is 16.5. The molecule has 0 aliphatic carbocycles. The largest absolute Gasteiger partial charge is 0.489 e. The Morgan fingerprint density at radius 1 is 1.05 bits per heavy atom. The standard InChI is InChI=1S/C19H20O2/c1-3-5-15-6-8-16(9-7-15)14-21-18-12-10-17(11-13-18)19(20)4-2/h4,6-13H,2-3,5,14H2,1H3. The van der Waals surface area contributed by atoms with Crippen LogP contribution in [0.25, 0.3) is 0 Å². The maximum Gasteiger partial charge on any atom is 0.185 e. The van der Waals surface area contributed by atoms with Gasteiger partial charge < -0.3 is 4.74 Å². The predicted molar refractivity (Wildman–Crippen MR) is 85.7 cm³/mol. The number of aryl methyl sites for hydroxylation is 1. The lowest BCUT2D eigenvalue weighted by atomic mass is 10.1. The molecule has 0 radical (unpaired) electrons. The Kier molecular flexibility index (Phi) is 5.33. The van der Waals surface area contributed by atoms with Gasteiger partial charge in [-0.25, -0.2) is 0 Å². The number of benzene rings is 2. The van der Waals surface area contributed by atoms with Crippen LogP contribution in [0.1, 0.15) is 34.8 Å². The Labute approximate surface area is 126 Å². The quantitative estimate of drug-likeness (QED) is 0.548. The molecule has 0 bridgehead atoms. The van der Waals surface area contributed by atoms with E-state index in [2.05, 4.69) is 37.8 Å². The molecule has 0 N–H and O–H groups in total. The van der Waals surface area contributed by atoms with Gasteiger partial charge in [-0.05, 0) is 47.9 Å². The van der Waals surface area contributed by atoms with E-state index in [1.54, 1.807) is 12.1 Å². The van der Waals surface area contributed by atoms with Crippen molar-refractivity contribution in [3.63, 3.8) is 0 Å². The van der Waals surface area contributed by atoms with Gasteiger partial charge in [0, 0.05) is 5.56 Å². The van der Waals surface area contributed by atoms with Crippen molar-refractivity contribution < 1.29 is 9.53 Å². The molecule has 2 nitrogen and oxygen atoms in total. The van der Waals surface area contributed by atoms with Gasteiger partial charge >= 0.3 is 0 Å². The first-order chi connectivity index (χ1) is 10.2. The lowest BCUT2D eigenvalue weighted by Crippen LogP contribution is -1.97. The molecule has 0 fully saturated rings. The van der Waals surface area contributed by atoms with Gasteiger partial charge in [0.25, 0.3) is 0 Å². The first-order valence-electron chi connectivity index (χ1n) is 7.20. The number of rotatable bonds is 7. The molecule has 0 aliphatic rings. The van der Waals surface area contributed by atoms with Gasteiger partial charge in [0.2, 0.25) is 0 Å². The highest BCUT2D eigenvalue weighted by Gasteiger charge is 2.01. The van der Waals surface area contributed by atoms with Crippen molar-refractivity contribution in [1.82, 2.24) is 0 Å². The minimum Gasteiger partial charge on any atom is -0.489 e. The van der Waals surface area contributed by atoms with Crippen LogP contribution in [0.15, 0.2) is 61.2 Å². The fourth-order valence-corrected chi connectivity index (χ4v) is 2.09. The molecule has 0 aliphatic heterocycles. The van der Waals surface area contributed by atoms with Gasteiger partial charge in [-0.2, -0.15) is 0 Å². The van der Waals surface area contributed by atoms with E-state index < -0.39 is 0 Å². The van der Waals surface area contributed by atoms with E-state index in [0.29, 0.717) is 12.2 Å². The molecule has 0 aromatic heterocycles. The molecule has 0 heterocycles. The van der Waals surface area contributed by atoms with Crippen molar-refractivity contribution >= 4 is 5.78 Å². The van der Waals surface area contributed by atoms with E-state index in [4.69, 9.17) is 4.74 Å². The van der Waals surface area contributed by atoms with Gasteiger partial charge in [0.15, 0.2) is 5.78 Å². The Hall–Kier alpha value is -2.35. The maximum absolute atomic E-state index is 11.4. The van der Waals surface area contributed by atoms with E-state index in [1.165, 1.54) is 11.6 Å². The van der Waals surface area contributed by atoms with Crippen LogP contribution < -0.4 is 4.74 Å². The second-order valence-corrected chi connectivity index (χ2v) is 4.95. The second-order valence-electron chi connectivity index (χ2n) is 4.95. The predicted octanol–water partition coefficient (Wildman–Crippen LogP) is 4.59. The number of ether oxygens (including phenoxy) is 1. The molecule has 2 aromatic rings. The molecule has 2 heteroatoms. The van der Waals surface area contributed by atoms with E-state index in [0.717, 1.165) is 24.2 Å². The topological polar surface area (TPSA) is 26.3 Å². The molecule has 0 atom stereocenters. The zero-order valence-corrected chi connectivity index (χ0v) is 12.3. The normalized spacial score (nSPS) is 10.1. The van der Waals surface area contributed by atoms with Crippen LogP contribution in [0.2, 0.25) is 0 Å². The minimum absolute atomic E-state index is 0.0759. The summed E-state index contributed by atoms with van der Waals surface area (Å²) >= 11 is 0. The van der Waals surface area contributed by atoms with E-state index in [1.807, 2.05) is 12.1 Å². The Morgan fingerprint density at radius 3 is 2.24 bits per heavy atom. The molecule has 0 saturated carbocycles. The summed E-state index contributed by atoms with van der Waals surface area (Å²) in [5.74, 6) is 0.682. The summed E-state index contributed by atoms with van der Waals surface area (Å²) in [6.45, 7) is 6.18. The zero-order chi connectivity index (χ0) is 15.1. The van der Waals surface area contributed by atoms with E-state index >= 15 is 0 Å². The molecule has 0 saturated heterocycles. The van der Waals surface area contributed by atoms with Gasteiger partial charge in [-0.1, -0.05) is 44.2 Å². The molecule has 2 rings (SSSR count). The average molecular weight is 280 g/mol. The highest BCUT2D eigenvalue weighted by Crippen LogP contribution is 2.15. The van der Waals surface area contributed by atoms with E-state index in [-0.39, 0.29) is 5.78 Å². The van der Waals surface area contributed by atoms with Crippen LogP contribution in [0.3, 0.4) is 0 Å². The molecule has 21 heavy (non-hydrogen) atoms. The molecule has 2 aromatic carbocycles. The summed E-state index contributed by atoms with van der Waals surface area (Å²) < 4.78 is 5.72. The van der Waals surface area contributed by atoms with Gasteiger partial charge in [-0.15, -0.1) is 0 Å². The lowest BCUT2D eigenvalue weighted by Gasteiger charge is -2.07. The summed E-state index contributed by atoms with van der Waals surface area (Å²) in [4.78, 5) is 11.4. The molecule has 0 unspecified atom stereocenters. The summed E-state index contributed by atoms with van der Waals surface area (Å²) in [5, 5.41) is 0. The third-order valence-electron chi connectivity index (χ3n) is 3.29. The fraction of sp³-hybridized carbons (Fsp3) is 0.211. The van der Waals surface area contributed by atoms with Crippen molar-refractivity contribution in [2.45, 2.75) is 26.4 Å². The summed E-state index contributed by atoms with van der Waals surface area (Å²) in [5.41, 5.74) is 3.12. The lowest BCUT2D eigenvalue weighted by molar-refractivity contribution is 0.104. The number of allylic oxidation sites excluding steroid dienone is 1. The SMILES string of the molecule is C=CC(=O)c1ccc(OCc2ccc(CCC)cc2)cc1. The average Bonchev–Trinajstić information content (AvgIpc) is 2.54. The van der Waals surface area contributed by atoms with Crippen LogP contribution in [0, 0.1) is 0 Å². The van der Waals surface area contributed by atoms with Crippen LogP contribution >= 0.6 is 0 Å². The Bertz CT molecular complexity index is 594. The zero-order valence-electron chi connectivity index (χ0n) is 12.3. The third kappa shape index (κ3) is 4.32. The van der Waals surface area contributed by atoms with Gasteiger partial charge in [-0.3, -0.25) is 4.79 Å². The van der Waals surface area contributed by atoms with Crippen LogP contribution in [0.4, 0.5) is 0 Å². The smallest absolute Gasteiger partial charge is 0.185 e. The first-order valence-corrected chi connectivity index (χ1v) is 7.20. The Balaban J connectivity index is 1.93. The fourth-order valence-electron chi connectivity index (χ4n) is 2.09. The molecule has 108 valence electrons. The van der Waals surface area contributed by atoms with Crippen molar-refractivity contribution in [3.8, 4) is 5.75 Å². The summed E-state index contributed by atoms with van der Waals surface area (Å²) in [6.07, 6.45) is 3.58. The molecular weight excluding hydrogens is 260 g/mol. The number of carbonyl (C=O) groups is 1. The van der Waals surface area contributed by atoms with Crippen molar-refractivity contribution in [2.75, 3.05) is 0 Å². The molecule has 0 amide bonds. The highest BCUT2D eigenvalue weighted by molar-refractivity contribution is 6.04. The van der Waals surface area contributed by atoms with Crippen LogP contribution in [-0.2, 0) is 13.0 Å². The Morgan fingerprint density at radius 2 is 1.67 bits per heavy atom. The molecule has 0 spiro atoms. The number of carbonyl (C=O) groups excluding carboxylic acids is 1. The van der Waals surface area contributed by atoms with E-state index in [9.17, 15) is 4.79 Å². The van der Waals surface area contributed by atoms with Gasteiger partial charge in [0.05, 0.1) is 0 Å². The number of hydrogen-bond acceptors (Lipinski definition) is 2. The maximum atomic E-state index is 11.4. The summed E-state index contributed by atoms with van der Waals surface area (Å²) in [7, 11) is 0. The monoisotopic (exact) mass is 280 g/mol. The van der Waals surface area contributed by atoms with Crippen molar-refractivity contribution in [1.29, 1.82) is 0 Å². The van der Waals surface area contributed by atoms with Crippen LogP contribution in [0.5, 0.6) is 5.75 Å². The molecular formula is C19H20O2. The second kappa shape index (κ2) is 7.44. The van der Waals surface area contributed by atoms with Crippen LogP contribution in [-0.4, -0.2) is 5.78 Å². The number of hydrogen-bond donors (Lipinski definition) is 0. The third-order valence-corrected chi connectivity index (χ3v) is 3.29. The van der Waals surface area contributed by atoms with Crippen molar-refractivity contribution in [2.24, 2.45) is 0 Å². The number of ketones is 1. The van der Waals surface area contributed by atoms with Gasteiger partial charge in [0.1, 0.15) is 12.4 Å². The minimum atomic E-state index is -0.0759. The summed E-state index contributed by atoms with van der Waals surface area (Å²) in [6, 6.07) is 15.6. The van der Waals surface area contributed by atoms with Crippen molar-refractivity contribution in [3.05, 3.63) is 77.9 Å².